The highest BCUT2D eigenvalue weighted by molar-refractivity contribution is 5.85. The summed E-state index contributed by atoms with van der Waals surface area (Å²) in [5.74, 6) is 0.543. The van der Waals surface area contributed by atoms with Crippen LogP contribution in [0.3, 0.4) is 0 Å². The summed E-state index contributed by atoms with van der Waals surface area (Å²) in [5, 5.41) is 3.09. The lowest BCUT2D eigenvalue weighted by Crippen LogP contribution is -2.40. The molecule has 0 aliphatic heterocycles. The number of carbonyl (C=O) groups excluding carboxylic acids is 1. The zero-order valence-electron chi connectivity index (χ0n) is 14.2. The number of amides is 1. The zero-order chi connectivity index (χ0) is 15.8. The fraction of sp³-hybridized carbons (Fsp3) is 0.611. The van der Waals surface area contributed by atoms with Crippen molar-refractivity contribution < 1.29 is 4.79 Å². The van der Waals surface area contributed by atoms with Crippen molar-refractivity contribution in [2.45, 2.75) is 59.0 Å². The molecule has 1 amide bonds. The number of hydrogen-bond donors (Lipinski definition) is 2. The van der Waals surface area contributed by atoms with Gasteiger partial charge in [0, 0.05) is 12.1 Å². The summed E-state index contributed by atoms with van der Waals surface area (Å²) < 4.78 is 0. The highest BCUT2D eigenvalue weighted by Gasteiger charge is 2.22. The molecule has 0 heterocycles. The quantitative estimate of drug-likeness (QED) is 0.756. The van der Waals surface area contributed by atoms with E-state index in [0.717, 1.165) is 24.3 Å². The molecule has 0 saturated carbocycles. The van der Waals surface area contributed by atoms with Crippen LogP contribution >= 0.6 is 12.4 Å². The largest absolute Gasteiger partial charge is 0.353 e. The highest BCUT2D eigenvalue weighted by Crippen LogP contribution is 2.19. The maximum Gasteiger partial charge on any atom is 0.224 e. The van der Waals surface area contributed by atoms with Crippen LogP contribution < -0.4 is 11.1 Å². The molecule has 0 aromatic heterocycles. The van der Waals surface area contributed by atoms with Crippen LogP contribution in [-0.4, -0.2) is 11.9 Å². The van der Waals surface area contributed by atoms with E-state index < -0.39 is 0 Å². The van der Waals surface area contributed by atoms with E-state index in [4.69, 9.17) is 5.73 Å². The number of carbonyl (C=O) groups is 1. The van der Waals surface area contributed by atoms with Crippen LogP contribution in [0, 0.1) is 11.8 Å². The second-order valence-corrected chi connectivity index (χ2v) is 6.46. The lowest BCUT2D eigenvalue weighted by atomic mass is 9.94. The third kappa shape index (κ3) is 7.28. The van der Waals surface area contributed by atoms with E-state index in [1.54, 1.807) is 0 Å². The first-order valence-electron chi connectivity index (χ1n) is 8.02. The molecule has 0 saturated heterocycles. The van der Waals surface area contributed by atoms with E-state index >= 15 is 0 Å². The van der Waals surface area contributed by atoms with E-state index in [-0.39, 0.29) is 36.3 Å². The maximum atomic E-state index is 12.3. The summed E-state index contributed by atoms with van der Waals surface area (Å²) in [7, 11) is 0. The second-order valence-electron chi connectivity index (χ2n) is 6.46. The molecule has 3 unspecified atom stereocenters. The first kappa shape index (κ1) is 20.9. The van der Waals surface area contributed by atoms with Crippen molar-refractivity contribution >= 4 is 18.3 Å². The summed E-state index contributed by atoms with van der Waals surface area (Å²) in [4.78, 5) is 12.3. The van der Waals surface area contributed by atoms with Gasteiger partial charge in [-0.2, -0.15) is 0 Å². The monoisotopic (exact) mass is 326 g/mol. The molecule has 1 rings (SSSR count). The summed E-state index contributed by atoms with van der Waals surface area (Å²) >= 11 is 0. The molecule has 126 valence electrons. The Morgan fingerprint density at radius 3 is 2.23 bits per heavy atom. The van der Waals surface area contributed by atoms with E-state index in [9.17, 15) is 4.79 Å². The number of hydrogen-bond acceptors (Lipinski definition) is 2. The molecule has 0 fully saturated rings. The Balaban J connectivity index is 0.00000441. The van der Waals surface area contributed by atoms with Crippen molar-refractivity contribution in [2.75, 3.05) is 0 Å². The number of rotatable bonds is 8. The summed E-state index contributed by atoms with van der Waals surface area (Å²) in [5.41, 5.74) is 7.20. The molecule has 3 atom stereocenters. The molecule has 0 aliphatic rings. The van der Waals surface area contributed by atoms with Gasteiger partial charge in [-0.05, 0) is 24.8 Å². The lowest BCUT2D eigenvalue weighted by Gasteiger charge is -2.22. The average Bonchev–Trinajstić information content (AvgIpc) is 2.46. The predicted octanol–water partition coefficient (Wildman–Crippen LogP) is 4.08. The van der Waals surface area contributed by atoms with E-state index in [1.165, 1.54) is 6.42 Å². The molecule has 0 aliphatic carbocycles. The van der Waals surface area contributed by atoms with Crippen LogP contribution in [0.15, 0.2) is 30.3 Å². The normalized spacial score (nSPS) is 14.8. The Morgan fingerprint density at radius 1 is 1.09 bits per heavy atom. The Bertz CT molecular complexity index is 422. The maximum absolute atomic E-state index is 12.3. The van der Waals surface area contributed by atoms with Gasteiger partial charge >= 0.3 is 0 Å². The van der Waals surface area contributed by atoms with E-state index in [2.05, 4.69) is 26.1 Å². The van der Waals surface area contributed by atoms with Gasteiger partial charge in [0.15, 0.2) is 0 Å². The summed E-state index contributed by atoms with van der Waals surface area (Å²) in [6, 6.07) is 9.76. The van der Waals surface area contributed by atoms with E-state index in [1.807, 2.05) is 37.3 Å². The highest BCUT2D eigenvalue weighted by atomic mass is 35.5. The van der Waals surface area contributed by atoms with Gasteiger partial charge < -0.3 is 11.1 Å². The van der Waals surface area contributed by atoms with Crippen molar-refractivity contribution in [3.63, 3.8) is 0 Å². The van der Waals surface area contributed by atoms with Crippen molar-refractivity contribution in [2.24, 2.45) is 17.6 Å². The van der Waals surface area contributed by atoms with Gasteiger partial charge in [0.1, 0.15) is 0 Å². The Kier molecular flexibility index (Phi) is 10.1. The van der Waals surface area contributed by atoms with Crippen LogP contribution in [0.5, 0.6) is 0 Å². The van der Waals surface area contributed by atoms with Crippen LogP contribution in [0.4, 0.5) is 0 Å². The van der Waals surface area contributed by atoms with Crippen LogP contribution in [-0.2, 0) is 4.79 Å². The average molecular weight is 327 g/mol. The molecular formula is C18H31ClN2O. The molecule has 0 radical (unpaired) electrons. The van der Waals surface area contributed by atoms with Crippen LogP contribution in [0.25, 0.3) is 0 Å². The third-order valence-corrected chi connectivity index (χ3v) is 3.94. The van der Waals surface area contributed by atoms with Crippen LogP contribution in [0.1, 0.15) is 58.6 Å². The van der Waals surface area contributed by atoms with Gasteiger partial charge in [-0.15, -0.1) is 12.4 Å². The van der Waals surface area contributed by atoms with Crippen molar-refractivity contribution in [3.05, 3.63) is 35.9 Å². The second kappa shape index (κ2) is 10.6. The summed E-state index contributed by atoms with van der Waals surface area (Å²) in [6.07, 6.45) is 3.38. The predicted molar refractivity (Wildman–Crippen MR) is 96.1 cm³/mol. The van der Waals surface area contributed by atoms with Gasteiger partial charge in [0.2, 0.25) is 5.91 Å². The molecule has 22 heavy (non-hydrogen) atoms. The lowest BCUT2D eigenvalue weighted by molar-refractivity contribution is -0.125. The Labute approximate surface area is 141 Å². The minimum atomic E-state index is -0.255. The molecule has 3 N–H and O–H groups in total. The fourth-order valence-corrected chi connectivity index (χ4v) is 2.41. The standard InChI is InChI=1S/C18H30N2O.ClH/c1-13(2)9-8-10-14(3)20-18(21)15(4)17(19)16-11-6-5-7-12-16;/h5-7,11-15,17H,8-10,19H2,1-4H3,(H,20,21);1H. The molecule has 3 nitrogen and oxygen atoms in total. The van der Waals surface area contributed by atoms with Crippen LogP contribution in [0.2, 0.25) is 0 Å². The van der Waals surface area contributed by atoms with Gasteiger partial charge in [-0.1, -0.05) is 63.9 Å². The number of benzene rings is 1. The first-order chi connectivity index (χ1) is 9.91. The summed E-state index contributed by atoms with van der Waals surface area (Å²) in [6.45, 7) is 8.42. The minimum absolute atomic E-state index is 0. The Morgan fingerprint density at radius 2 is 1.68 bits per heavy atom. The Hall–Kier alpha value is -1.06. The zero-order valence-corrected chi connectivity index (χ0v) is 15.0. The number of nitrogens with one attached hydrogen (secondary N) is 1. The smallest absolute Gasteiger partial charge is 0.224 e. The molecule has 0 bridgehead atoms. The van der Waals surface area contributed by atoms with Gasteiger partial charge in [0.05, 0.1) is 5.92 Å². The third-order valence-electron chi connectivity index (χ3n) is 3.94. The molecular weight excluding hydrogens is 296 g/mol. The van der Waals surface area contributed by atoms with Crippen molar-refractivity contribution in [1.82, 2.24) is 5.32 Å². The molecule has 1 aromatic rings. The SMILES string of the molecule is CC(C)CCCC(C)NC(=O)C(C)C(N)c1ccccc1.Cl. The van der Waals surface area contributed by atoms with E-state index in [0.29, 0.717) is 0 Å². The van der Waals surface area contributed by atoms with Gasteiger partial charge in [-0.3, -0.25) is 4.79 Å². The number of nitrogens with two attached hydrogens (primary N) is 1. The minimum Gasteiger partial charge on any atom is -0.353 e. The molecule has 0 spiro atoms. The molecule has 4 heteroatoms. The van der Waals surface area contributed by atoms with Gasteiger partial charge in [0.25, 0.3) is 0 Å². The van der Waals surface area contributed by atoms with Crippen molar-refractivity contribution in [3.8, 4) is 0 Å². The van der Waals surface area contributed by atoms with Gasteiger partial charge in [-0.25, -0.2) is 0 Å². The topological polar surface area (TPSA) is 55.1 Å². The molecule has 1 aromatic carbocycles. The first-order valence-corrected chi connectivity index (χ1v) is 8.02. The van der Waals surface area contributed by atoms with Crippen molar-refractivity contribution in [1.29, 1.82) is 0 Å². The fourth-order valence-electron chi connectivity index (χ4n) is 2.41. The number of halogens is 1.